The van der Waals surface area contributed by atoms with Gasteiger partial charge in [-0.1, -0.05) is 0 Å². The Morgan fingerprint density at radius 2 is 2.10 bits per heavy atom. The van der Waals surface area contributed by atoms with Gasteiger partial charge >= 0.3 is 0 Å². The minimum absolute atomic E-state index is 0.174. The van der Waals surface area contributed by atoms with E-state index in [-0.39, 0.29) is 11.9 Å². The van der Waals surface area contributed by atoms with Gasteiger partial charge in [0.05, 0.1) is 11.7 Å². The number of aromatic nitrogens is 1. The van der Waals surface area contributed by atoms with Crippen LogP contribution in [0.15, 0.2) is 0 Å². The van der Waals surface area contributed by atoms with Crippen LogP contribution < -0.4 is 0 Å². The van der Waals surface area contributed by atoms with Gasteiger partial charge in [-0.05, 0) is 32.6 Å². The molecule has 20 heavy (non-hydrogen) atoms. The van der Waals surface area contributed by atoms with Crippen LogP contribution in [0.4, 0.5) is 0 Å². The fraction of sp³-hybridized carbons (Fsp3) is 0.733. The highest BCUT2D eigenvalue weighted by atomic mass is 32.1. The highest BCUT2D eigenvalue weighted by molar-refractivity contribution is 7.11. The number of rotatable bonds is 2. The van der Waals surface area contributed by atoms with Crippen molar-refractivity contribution in [2.24, 2.45) is 0 Å². The Labute approximate surface area is 124 Å². The molecule has 0 aliphatic carbocycles. The van der Waals surface area contributed by atoms with Crippen molar-refractivity contribution in [3.05, 3.63) is 15.6 Å². The van der Waals surface area contributed by atoms with E-state index in [9.17, 15) is 4.79 Å². The molecule has 5 heteroatoms. The van der Waals surface area contributed by atoms with E-state index in [0.717, 1.165) is 50.4 Å². The van der Waals surface area contributed by atoms with Crippen molar-refractivity contribution in [3.63, 3.8) is 0 Å². The number of likely N-dealkylation sites (tertiary alicyclic amines) is 1. The van der Waals surface area contributed by atoms with Crippen molar-refractivity contribution < 1.29 is 9.53 Å². The predicted molar refractivity (Wildman–Crippen MR) is 79.0 cm³/mol. The summed E-state index contributed by atoms with van der Waals surface area (Å²) in [5, 5.41) is 1.14. The second kappa shape index (κ2) is 5.82. The molecule has 4 nitrogen and oxygen atoms in total. The molecule has 2 aliphatic heterocycles. The molecule has 110 valence electrons. The number of thiazole rings is 1. The van der Waals surface area contributed by atoms with E-state index in [2.05, 4.69) is 6.92 Å². The summed E-state index contributed by atoms with van der Waals surface area (Å²) in [6.07, 6.45) is 4.30. The van der Waals surface area contributed by atoms with E-state index in [4.69, 9.17) is 9.72 Å². The molecule has 0 N–H and O–H groups in total. The largest absolute Gasteiger partial charge is 0.381 e. The van der Waals surface area contributed by atoms with Gasteiger partial charge in [0.25, 0.3) is 0 Å². The first-order chi connectivity index (χ1) is 9.66. The summed E-state index contributed by atoms with van der Waals surface area (Å²) in [5.41, 5.74) is 1.25. The maximum atomic E-state index is 11.7. The lowest BCUT2D eigenvalue weighted by Crippen LogP contribution is -2.28. The predicted octanol–water partition coefficient (Wildman–Crippen LogP) is 3.03. The Morgan fingerprint density at radius 1 is 1.35 bits per heavy atom. The second-order valence-corrected chi connectivity index (χ2v) is 6.99. The van der Waals surface area contributed by atoms with Gasteiger partial charge in [0.2, 0.25) is 5.91 Å². The fourth-order valence-electron chi connectivity index (χ4n) is 3.32. The van der Waals surface area contributed by atoms with Crippen molar-refractivity contribution >= 4 is 17.2 Å². The number of hydrogen-bond acceptors (Lipinski definition) is 4. The average molecular weight is 294 g/mol. The molecule has 2 aliphatic rings. The Bertz CT molecular complexity index is 494. The third-order valence-corrected chi connectivity index (χ3v) is 5.49. The SMILES string of the molecule is CC(=O)N1CCCC1c1nc(C2CCOCC2)c(C)s1. The first-order valence-corrected chi connectivity index (χ1v) is 8.30. The lowest BCUT2D eigenvalue weighted by atomic mass is 9.96. The van der Waals surface area contributed by atoms with Gasteiger partial charge in [-0.3, -0.25) is 4.79 Å². The zero-order valence-electron chi connectivity index (χ0n) is 12.2. The van der Waals surface area contributed by atoms with Crippen molar-refractivity contribution in [3.8, 4) is 0 Å². The molecule has 1 aromatic heterocycles. The average Bonchev–Trinajstić information content (AvgIpc) is 3.05. The molecule has 3 rings (SSSR count). The molecule has 1 aromatic rings. The standard InChI is InChI=1S/C15H22N2O2S/c1-10-14(12-5-8-19-9-6-12)16-15(20-10)13-4-3-7-17(13)11(2)18/h12-13H,3-9H2,1-2H3. The minimum atomic E-state index is 0.174. The summed E-state index contributed by atoms with van der Waals surface area (Å²) in [6, 6.07) is 0.213. The molecule has 0 radical (unpaired) electrons. The lowest BCUT2D eigenvalue weighted by Gasteiger charge is -2.22. The van der Waals surface area contributed by atoms with Gasteiger partial charge in [0, 0.05) is 37.5 Å². The highest BCUT2D eigenvalue weighted by Crippen LogP contribution is 2.38. The maximum absolute atomic E-state index is 11.7. The number of amides is 1. The maximum Gasteiger partial charge on any atom is 0.220 e. The fourth-order valence-corrected chi connectivity index (χ4v) is 4.48. The molecule has 1 unspecified atom stereocenters. The minimum Gasteiger partial charge on any atom is -0.381 e. The molecule has 1 atom stereocenters. The summed E-state index contributed by atoms with van der Waals surface area (Å²) in [4.78, 5) is 19.9. The quantitative estimate of drug-likeness (QED) is 0.842. The Balaban J connectivity index is 1.82. The van der Waals surface area contributed by atoms with Gasteiger partial charge in [-0.2, -0.15) is 0 Å². The van der Waals surface area contributed by atoms with Gasteiger partial charge in [-0.15, -0.1) is 11.3 Å². The lowest BCUT2D eigenvalue weighted by molar-refractivity contribution is -0.129. The van der Waals surface area contributed by atoms with E-state index in [1.54, 1.807) is 18.3 Å². The molecule has 3 heterocycles. The van der Waals surface area contributed by atoms with E-state index in [0.29, 0.717) is 5.92 Å². The summed E-state index contributed by atoms with van der Waals surface area (Å²) in [5.74, 6) is 0.717. The summed E-state index contributed by atoms with van der Waals surface area (Å²) in [6.45, 7) is 6.41. The third-order valence-electron chi connectivity index (χ3n) is 4.40. The Morgan fingerprint density at radius 3 is 2.80 bits per heavy atom. The van der Waals surface area contributed by atoms with E-state index < -0.39 is 0 Å². The molecular formula is C15H22N2O2S. The molecule has 0 aromatic carbocycles. The van der Waals surface area contributed by atoms with Crippen LogP contribution in [-0.2, 0) is 9.53 Å². The second-order valence-electron chi connectivity index (χ2n) is 5.75. The van der Waals surface area contributed by atoms with E-state index >= 15 is 0 Å². The van der Waals surface area contributed by atoms with Gasteiger partial charge in [0.15, 0.2) is 0 Å². The highest BCUT2D eigenvalue weighted by Gasteiger charge is 2.32. The number of carbonyl (C=O) groups excluding carboxylic acids is 1. The van der Waals surface area contributed by atoms with E-state index in [1.165, 1.54) is 10.6 Å². The van der Waals surface area contributed by atoms with Crippen LogP contribution in [0.3, 0.4) is 0 Å². The molecule has 0 bridgehead atoms. The van der Waals surface area contributed by atoms with Crippen LogP contribution in [0.2, 0.25) is 0 Å². The molecule has 1 amide bonds. The number of carbonyl (C=O) groups is 1. The van der Waals surface area contributed by atoms with Crippen LogP contribution in [0.25, 0.3) is 0 Å². The number of ether oxygens (including phenoxy) is 1. The zero-order chi connectivity index (χ0) is 14.1. The van der Waals surface area contributed by atoms with Crippen molar-refractivity contribution in [2.45, 2.75) is 51.5 Å². The van der Waals surface area contributed by atoms with Crippen molar-refractivity contribution in [1.82, 2.24) is 9.88 Å². The van der Waals surface area contributed by atoms with Crippen LogP contribution in [0.5, 0.6) is 0 Å². The monoisotopic (exact) mass is 294 g/mol. The normalized spacial score (nSPS) is 24.3. The molecule has 2 saturated heterocycles. The first-order valence-electron chi connectivity index (χ1n) is 7.49. The van der Waals surface area contributed by atoms with Crippen LogP contribution in [0, 0.1) is 6.92 Å². The smallest absolute Gasteiger partial charge is 0.220 e. The zero-order valence-corrected chi connectivity index (χ0v) is 13.0. The van der Waals surface area contributed by atoms with Crippen molar-refractivity contribution in [1.29, 1.82) is 0 Å². The van der Waals surface area contributed by atoms with Crippen molar-refractivity contribution in [2.75, 3.05) is 19.8 Å². The molecule has 2 fully saturated rings. The van der Waals surface area contributed by atoms with Crippen LogP contribution in [-0.4, -0.2) is 35.5 Å². The molecular weight excluding hydrogens is 272 g/mol. The van der Waals surface area contributed by atoms with Crippen LogP contribution in [0.1, 0.15) is 60.1 Å². The summed E-state index contributed by atoms with van der Waals surface area (Å²) < 4.78 is 5.44. The number of aryl methyl sites for hydroxylation is 1. The molecule has 0 spiro atoms. The van der Waals surface area contributed by atoms with E-state index in [1.807, 2.05) is 4.90 Å². The van der Waals surface area contributed by atoms with Gasteiger partial charge in [-0.25, -0.2) is 4.98 Å². The van der Waals surface area contributed by atoms with Gasteiger partial charge in [0.1, 0.15) is 5.01 Å². The summed E-state index contributed by atoms with van der Waals surface area (Å²) >= 11 is 1.78. The molecule has 0 saturated carbocycles. The topological polar surface area (TPSA) is 42.4 Å². The van der Waals surface area contributed by atoms with Gasteiger partial charge < -0.3 is 9.64 Å². The van der Waals surface area contributed by atoms with Crippen LogP contribution >= 0.6 is 11.3 Å². The number of nitrogens with zero attached hydrogens (tertiary/aromatic N) is 2. The first kappa shape index (κ1) is 14.0. The summed E-state index contributed by atoms with van der Waals surface area (Å²) in [7, 11) is 0. The Hall–Kier alpha value is -0.940. The third kappa shape index (κ3) is 2.61. The Kier molecular flexibility index (Phi) is 4.08. The number of hydrogen-bond donors (Lipinski definition) is 0.